The van der Waals surface area contributed by atoms with Gasteiger partial charge in [-0.15, -0.1) is 0 Å². The predicted octanol–water partition coefficient (Wildman–Crippen LogP) is 30.5. The van der Waals surface area contributed by atoms with Crippen molar-refractivity contribution in [1.29, 1.82) is 0 Å². The van der Waals surface area contributed by atoms with Crippen molar-refractivity contribution in [2.24, 2.45) is 0 Å². The van der Waals surface area contributed by atoms with Crippen molar-refractivity contribution in [2.45, 2.75) is 19.3 Å². The molecule has 544 valence electrons. The number of fused-ring (bicyclic) bond motifs is 15. The van der Waals surface area contributed by atoms with Crippen LogP contribution < -0.4 is 5.46 Å². The Morgan fingerprint density at radius 2 is 0.598 bits per heavy atom. The van der Waals surface area contributed by atoms with Crippen LogP contribution in [0.4, 0.5) is 0 Å². The van der Waals surface area contributed by atoms with Gasteiger partial charge in [-0.3, -0.25) is 0 Å². The van der Waals surface area contributed by atoms with Crippen molar-refractivity contribution in [3.63, 3.8) is 0 Å². The molecule has 0 amide bonds. The van der Waals surface area contributed by atoms with Gasteiger partial charge >= 0.3 is 7.12 Å². The summed E-state index contributed by atoms with van der Waals surface area (Å²) in [5.74, 6) is 0. The van der Waals surface area contributed by atoms with Crippen molar-refractivity contribution in [2.75, 3.05) is 0 Å². The van der Waals surface area contributed by atoms with E-state index in [1.165, 1.54) is 97.3 Å². The second-order valence-corrected chi connectivity index (χ2v) is 33.4. The fraction of sp³-hybridized carbons (Fsp3) is 0.0303. The monoisotopic (exact) mass is 1880 g/mol. The van der Waals surface area contributed by atoms with Crippen molar-refractivity contribution < 1.29 is 27.7 Å². The second kappa shape index (κ2) is 33.6. The molecule has 21 rings (SSSR count). The number of benzene rings is 16. The summed E-state index contributed by atoms with van der Waals surface area (Å²) in [4.78, 5) is 0. The van der Waals surface area contributed by atoms with E-state index in [0.29, 0.717) is 5.46 Å². The summed E-state index contributed by atoms with van der Waals surface area (Å²) >= 11 is 19.9. The van der Waals surface area contributed by atoms with Crippen LogP contribution in [0.3, 0.4) is 0 Å². The summed E-state index contributed by atoms with van der Waals surface area (Å²) in [6, 6.07) is 122. The highest BCUT2D eigenvalue weighted by Crippen LogP contribution is 2.50. The molecule has 13 heteroatoms. The molecule has 6 nitrogen and oxygen atoms in total. The van der Waals surface area contributed by atoms with E-state index < -0.39 is 7.12 Å². The van der Waals surface area contributed by atoms with Gasteiger partial charge in [0.05, 0.1) is 0 Å². The molecule has 112 heavy (non-hydrogen) atoms. The molecule has 0 atom stereocenters. The summed E-state index contributed by atoms with van der Waals surface area (Å²) in [6.07, 6.45) is 0. The zero-order valence-corrected chi connectivity index (χ0v) is 70.5. The first-order valence-electron chi connectivity index (χ1n) is 36.3. The Balaban J connectivity index is 0.000000103. The Labute approximate surface area is 704 Å². The van der Waals surface area contributed by atoms with Gasteiger partial charge in [0, 0.05) is 80.0 Å². The molecule has 0 spiro atoms. The van der Waals surface area contributed by atoms with E-state index in [0.717, 1.165) is 94.3 Å². The van der Waals surface area contributed by atoms with Gasteiger partial charge in [-0.1, -0.05) is 312 Å². The van der Waals surface area contributed by atoms with E-state index in [-0.39, 0.29) is 5.41 Å². The van der Waals surface area contributed by atoms with Crippen LogP contribution in [-0.4, -0.2) is 17.2 Å². The van der Waals surface area contributed by atoms with Crippen LogP contribution in [0.25, 0.3) is 155 Å². The number of para-hydroxylation sites is 5. The molecule has 0 radical (unpaired) electrons. The maximum absolute atomic E-state index is 9.12. The fourth-order valence-electron chi connectivity index (χ4n) is 14.5. The molecule has 0 unspecified atom stereocenters. The maximum Gasteiger partial charge on any atom is 0.488 e. The largest absolute Gasteiger partial charge is 0.488 e. The Morgan fingerprint density at radius 1 is 0.250 bits per heavy atom. The summed E-state index contributed by atoms with van der Waals surface area (Å²) in [5.41, 5.74) is 25.5. The molecule has 1 aliphatic rings. The molecule has 20 aromatic rings. The van der Waals surface area contributed by atoms with Crippen molar-refractivity contribution in [3.05, 3.63) is 395 Å². The highest BCUT2D eigenvalue weighted by molar-refractivity contribution is 14.1. The van der Waals surface area contributed by atoms with Crippen LogP contribution in [0.2, 0.25) is 0 Å². The third kappa shape index (κ3) is 16.5. The quantitative estimate of drug-likeness (QED) is 0.127. The molecule has 0 fully saturated rings. The van der Waals surface area contributed by atoms with Crippen LogP contribution in [0.1, 0.15) is 25.0 Å². The number of rotatable bonds is 6. The van der Waals surface area contributed by atoms with Gasteiger partial charge in [-0.25, -0.2) is 0 Å². The molecular formula is C99H67BBr5IO6. The fourth-order valence-corrected chi connectivity index (χ4v) is 16.5. The molecule has 4 aromatic heterocycles. The Hall–Kier alpha value is -10.2. The maximum atomic E-state index is 9.12. The number of halogens is 6. The lowest BCUT2D eigenvalue weighted by Gasteiger charge is -2.21. The van der Waals surface area contributed by atoms with E-state index in [9.17, 15) is 0 Å². The van der Waals surface area contributed by atoms with E-state index in [1.807, 2.05) is 97.1 Å². The highest BCUT2D eigenvalue weighted by Gasteiger charge is 2.35. The average molecular weight is 1890 g/mol. The molecule has 2 N–H and O–H groups in total. The Bertz CT molecular complexity index is 6650. The molecule has 1 aliphatic carbocycles. The third-order valence-electron chi connectivity index (χ3n) is 20.1. The third-order valence-corrected chi connectivity index (χ3v) is 23.3. The lowest BCUT2D eigenvalue weighted by molar-refractivity contribution is 0.426. The Kier molecular flexibility index (Phi) is 22.8. The predicted molar refractivity (Wildman–Crippen MR) is 494 cm³/mol. The normalized spacial score (nSPS) is 11.7. The van der Waals surface area contributed by atoms with Crippen molar-refractivity contribution in [3.8, 4) is 66.8 Å². The molecule has 0 aliphatic heterocycles. The van der Waals surface area contributed by atoms with Gasteiger partial charge in [0.15, 0.2) is 0 Å². The van der Waals surface area contributed by atoms with E-state index in [4.69, 9.17) is 27.7 Å². The average Bonchev–Trinajstić information content (AvgIpc) is 1.55. The molecule has 4 heterocycles. The molecule has 16 aromatic carbocycles. The van der Waals surface area contributed by atoms with Gasteiger partial charge in [0.25, 0.3) is 0 Å². The summed E-state index contributed by atoms with van der Waals surface area (Å²) in [5, 5.41) is 27.1. The first-order chi connectivity index (χ1) is 54.5. The lowest BCUT2D eigenvalue weighted by Crippen LogP contribution is -2.29. The van der Waals surface area contributed by atoms with Gasteiger partial charge in [-0.2, -0.15) is 0 Å². The Morgan fingerprint density at radius 3 is 1.11 bits per heavy atom. The lowest BCUT2D eigenvalue weighted by atomic mass is 9.80. The topological polar surface area (TPSA) is 93.0 Å². The van der Waals surface area contributed by atoms with E-state index in [2.05, 4.69) is 359 Å². The van der Waals surface area contributed by atoms with Gasteiger partial charge in [-0.05, 0) is 240 Å². The molecule has 0 bridgehead atoms. The first-order valence-corrected chi connectivity index (χ1v) is 41.4. The summed E-state index contributed by atoms with van der Waals surface area (Å²) in [7, 11) is -1.45. The number of hydrogen-bond donors (Lipinski definition) is 2. The first kappa shape index (κ1) is 75.9. The smallest absolute Gasteiger partial charge is 0.456 e. The van der Waals surface area contributed by atoms with Crippen LogP contribution in [0, 0.1) is 3.57 Å². The SMILES string of the molecule is Brc1ccc(-c2cc(-c3ccccc3)cc(-c3ccccc3)c2)cc1.Brc1ccc(-c2ccc3oc4ccccc4c3c2)cc1.Brc1ccc(-c2cccc3c2oc2ccccc23)cc1.Brc1ccc2oc3ccccc3c2c1.CC1(C)c2cc(Br)ccc2-c2ccc(I)cc21.OB(O)c1ccc2oc3ccccc3c2c1. The van der Waals surface area contributed by atoms with Crippen molar-refractivity contribution in [1.82, 2.24) is 0 Å². The van der Waals surface area contributed by atoms with Crippen LogP contribution >= 0.6 is 102 Å². The standard InChI is InChI=1S/C24H17Br.2C18H11BrO.C15H12BrI.C12H9BO3.C12H7BrO/c25-24-13-11-20(12-14-24)23-16-21(18-7-3-1-4-8-18)15-22(17-23)19-9-5-2-6-10-19;19-13-10-8-12(9-11-13)14-5-3-6-16-15-4-1-2-7-17(15)20-18(14)16;19-14-8-5-12(6-9-14)13-7-10-18-16(11-13)15-3-1-2-4-17(15)20-18;1-15(2)13-7-9(16)3-5-11(13)12-6-4-10(17)8-14(12)15;14-13(15)8-5-6-12-10(7-8)9-3-1-2-4-11(9)16-12;13-8-5-6-12-10(7-8)9-3-1-2-4-11(9)14-12/h1-17H;2*1-11H;3-8H,1-2H3;1-7,14-15H;1-7H. The van der Waals surface area contributed by atoms with E-state index >= 15 is 0 Å². The zero-order chi connectivity index (χ0) is 77.0. The minimum atomic E-state index is -1.45. The minimum absolute atomic E-state index is 0.107. The molecule has 0 saturated heterocycles. The molecule has 0 saturated carbocycles. The number of furan rings is 4. The van der Waals surface area contributed by atoms with Crippen LogP contribution in [0.15, 0.2) is 398 Å². The minimum Gasteiger partial charge on any atom is -0.456 e. The van der Waals surface area contributed by atoms with Gasteiger partial charge < -0.3 is 27.7 Å². The number of hydrogen-bond acceptors (Lipinski definition) is 6. The van der Waals surface area contributed by atoms with Crippen molar-refractivity contribution >= 4 is 203 Å². The molecular weight excluding hydrogens is 1820 g/mol. The van der Waals surface area contributed by atoms with E-state index in [1.54, 1.807) is 18.2 Å². The van der Waals surface area contributed by atoms with Gasteiger partial charge in [0.1, 0.15) is 44.7 Å². The van der Waals surface area contributed by atoms with Crippen LogP contribution in [0.5, 0.6) is 0 Å². The van der Waals surface area contributed by atoms with Crippen LogP contribution in [-0.2, 0) is 5.41 Å². The second-order valence-electron chi connectivity index (χ2n) is 27.6. The van der Waals surface area contributed by atoms with Gasteiger partial charge in [0.2, 0.25) is 0 Å². The zero-order valence-electron chi connectivity index (χ0n) is 60.4. The highest BCUT2D eigenvalue weighted by atomic mass is 127. The summed E-state index contributed by atoms with van der Waals surface area (Å²) < 4.78 is 30.0. The summed E-state index contributed by atoms with van der Waals surface area (Å²) in [6.45, 7) is 4.61.